The Morgan fingerprint density at radius 1 is 1.10 bits per heavy atom. The van der Waals surface area contributed by atoms with E-state index in [4.69, 9.17) is 35.3 Å². The first-order valence-electron chi connectivity index (χ1n) is 13.3. The number of phenols is 1. The first-order chi connectivity index (χ1) is 20.0. The van der Waals surface area contributed by atoms with E-state index in [1.165, 1.54) is 45.6 Å². The van der Waals surface area contributed by atoms with Gasteiger partial charge in [0.1, 0.15) is 22.1 Å². The minimum Gasteiger partial charge on any atom is -0.507 e. The second-order valence-electron chi connectivity index (χ2n) is 10.1. The number of benzene rings is 2. The van der Waals surface area contributed by atoms with Crippen LogP contribution >= 0.6 is 11.6 Å². The molecule has 1 aliphatic heterocycles. The van der Waals surface area contributed by atoms with Gasteiger partial charge in [-0.3, -0.25) is 14.4 Å². The van der Waals surface area contributed by atoms with Gasteiger partial charge in [-0.2, -0.15) is 0 Å². The number of rotatable bonds is 11. The smallest absolute Gasteiger partial charge is 0.231 e. The Kier molecular flexibility index (Phi) is 9.22. The standard InChI is InChI=1S/C30H34ClNO10/c1-15-11-19(34)24(17(13-23(35)32-9-6-10-38-2)16-7-8-18(33)20(12-16)39-3)28(36)30(15)29(37)25-21(40-4)14-22(41-5)26(31)27(25)42-30/h7-8,12,14-15,17,33,36H,6,9-11,13H2,1-5H3,(H,32,35)/t15-,17?,30+/m1/s1. The molecule has 0 radical (unpaired) electrons. The summed E-state index contributed by atoms with van der Waals surface area (Å²) >= 11 is 6.54. The van der Waals surface area contributed by atoms with Gasteiger partial charge >= 0.3 is 0 Å². The van der Waals surface area contributed by atoms with Crippen molar-refractivity contribution < 1.29 is 48.3 Å². The van der Waals surface area contributed by atoms with Crippen molar-refractivity contribution >= 4 is 29.1 Å². The average Bonchev–Trinajstić information content (AvgIpc) is 3.29. The lowest BCUT2D eigenvalue weighted by Gasteiger charge is -2.38. The molecule has 1 amide bonds. The number of ketones is 2. The summed E-state index contributed by atoms with van der Waals surface area (Å²) in [6.45, 7) is 2.39. The molecule has 42 heavy (non-hydrogen) atoms. The number of phenolic OH excluding ortho intramolecular Hbond substituents is 1. The number of halogens is 1. The van der Waals surface area contributed by atoms with Crippen LogP contribution < -0.4 is 24.3 Å². The lowest BCUT2D eigenvalue weighted by atomic mass is 9.69. The predicted octanol–water partition coefficient (Wildman–Crippen LogP) is 4.13. The molecule has 0 aromatic heterocycles. The number of fused-ring (bicyclic) bond motifs is 1. The number of carbonyl (C=O) groups is 3. The quantitative estimate of drug-likeness (QED) is 0.320. The van der Waals surface area contributed by atoms with E-state index in [1.807, 2.05) is 0 Å². The fraction of sp³-hybridized carbons (Fsp3) is 0.433. The molecule has 1 spiro atoms. The Labute approximate surface area is 248 Å². The average molecular weight is 604 g/mol. The molecule has 4 rings (SSSR count). The summed E-state index contributed by atoms with van der Waals surface area (Å²) in [5.41, 5.74) is -1.76. The Morgan fingerprint density at radius 2 is 1.79 bits per heavy atom. The van der Waals surface area contributed by atoms with E-state index in [1.54, 1.807) is 14.0 Å². The van der Waals surface area contributed by atoms with E-state index in [0.717, 1.165) is 0 Å². The Hall–Kier alpha value is -3.96. The lowest BCUT2D eigenvalue weighted by Crippen LogP contribution is -2.53. The Morgan fingerprint density at radius 3 is 2.43 bits per heavy atom. The van der Waals surface area contributed by atoms with Crippen molar-refractivity contribution in [1.29, 1.82) is 0 Å². The number of nitrogens with one attached hydrogen (secondary N) is 1. The molecule has 0 fully saturated rings. The van der Waals surface area contributed by atoms with Gasteiger partial charge in [0, 0.05) is 56.6 Å². The van der Waals surface area contributed by atoms with Gasteiger partial charge in [-0.1, -0.05) is 24.6 Å². The molecular weight excluding hydrogens is 570 g/mol. The highest BCUT2D eigenvalue weighted by molar-refractivity contribution is 6.35. The Bertz CT molecular complexity index is 1440. The van der Waals surface area contributed by atoms with Gasteiger partial charge in [-0.15, -0.1) is 0 Å². The number of aliphatic hydroxyl groups excluding tert-OH is 1. The summed E-state index contributed by atoms with van der Waals surface area (Å²) in [6.07, 6.45) is 0.146. The maximum absolute atomic E-state index is 14.2. The number of carbonyl (C=O) groups excluding carboxylic acids is 3. The minimum atomic E-state index is -2.01. The second kappa shape index (κ2) is 12.5. The highest BCUT2D eigenvalue weighted by Gasteiger charge is 2.61. The molecule has 2 aromatic carbocycles. The van der Waals surface area contributed by atoms with Crippen LogP contribution in [0.5, 0.6) is 28.7 Å². The van der Waals surface area contributed by atoms with E-state index >= 15 is 0 Å². The van der Waals surface area contributed by atoms with Crippen LogP contribution in [-0.2, 0) is 14.3 Å². The summed E-state index contributed by atoms with van der Waals surface area (Å²) in [4.78, 5) is 40.9. The van der Waals surface area contributed by atoms with E-state index in [2.05, 4.69) is 5.32 Å². The molecule has 1 heterocycles. The topological polar surface area (TPSA) is 150 Å². The summed E-state index contributed by atoms with van der Waals surface area (Å²) < 4.78 is 27.3. The molecule has 12 heteroatoms. The molecule has 0 saturated heterocycles. The highest BCUT2D eigenvalue weighted by atomic mass is 35.5. The van der Waals surface area contributed by atoms with Crippen molar-refractivity contribution in [2.45, 2.75) is 37.7 Å². The van der Waals surface area contributed by atoms with Gasteiger partial charge < -0.3 is 39.2 Å². The first kappa shape index (κ1) is 31.0. The van der Waals surface area contributed by atoms with Gasteiger partial charge in [-0.05, 0) is 24.1 Å². The number of aliphatic hydroxyl groups is 1. The minimum absolute atomic E-state index is 0.00670. The van der Waals surface area contributed by atoms with Crippen LogP contribution in [0.25, 0.3) is 0 Å². The third-order valence-corrected chi connectivity index (χ3v) is 8.06. The van der Waals surface area contributed by atoms with E-state index in [9.17, 15) is 24.6 Å². The van der Waals surface area contributed by atoms with E-state index < -0.39 is 40.7 Å². The van der Waals surface area contributed by atoms with Crippen LogP contribution in [0.4, 0.5) is 0 Å². The molecule has 2 aromatic rings. The number of methoxy groups -OCH3 is 4. The maximum Gasteiger partial charge on any atom is 0.231 e. The fourth-order valence-corrected chi connectivity index (χ4v) is 5.80. The van der Waals surface area contributed by atoms with E-state index in [-0.39, 0.29) is 57.7 Å². The number of hydrogen-bond acceptors (Lipinski definition) is 10. The van der Waals surface area contributed by atoms with Crippen LogP contribution in [0.1, 0.15) is 48.0 Å². The molecule has 226 valence electrons. The van der Waals surface area contributed by atoms with Crippen molar-refractivity contribution in [3.05, 3.63) is 51.7 Å². The highest BCUT2D eigenvalue weighted by Crippen LogP contribution is 2.56. The van der Waals surface area contributed by atoms with Crippen LogP contribution in [0.3, 0.4) is 0 Å². The zero-order valence-electron chi connectivity index (χ0n) is 24.0. The maximum atomic E-state index is 14.2. The Balaban J connectivity index is 1.88. The van der Waals surface area contributed by atoms with Crippen molar-refractivity contribution in [3.8, 4) is 28.7 Å². The number of amides is 1. The normalized spacial score (nSPS) is 20.3. The van der Waals surface area contributed by atoms with Gasteiger partial charge in [0.2, 0.25) is 17.3 Å². The van der Waals surface area contributed by atoms with Crippen LogP contribution in [-0.4, -0.2) is 74.9 Å². The summed E-state index contributed by atoms with van der Waals surface area (Å²) in [5.74, 6) is -3.71. The predicted molar refractivity (Wildman–Crippen MR) is 152 cm³/mol. The molecule has 0 saturated carbocycles. The monoisotopic (exact) mass is 603 g/mol. The largest absolute Gasteiger partial charge is 0.507 e. The van der Waals surface area contributed by atoms with Gasteiger partial charge in [0.25, 0.3) is 0 Å². The zero-order valence-corrected chi connectivity index (χ0v) is 24.8. The molecule has 3 atom stereocenters. The number of allylic oxidation sites excluding steroid dienone is 1. The molecule has 0 bridgehead atoms. The van der Waals surface area contributed by atoms with Crippen molar-refractivity contribution in [3.63, 3.8) is 0 Å². The van der Waals surface area contributed by atoms with Crippen LogP contribution in [0.15, 0.2) is 35.6 Å². The molecule has 11 nitrogen and oxygen atoms in total. The van der Waals surface area contributed by atoms with Crippen molar-refractivity contribution in [2.75, 3.05) is 41.6 Å². The number of ether oxygens (including phenoxy) is 5. The zero-order chi connectivity index (χ0) is 30.8. The van der Waals surface area contributed by atoms with Gasteiger partial charge in [-0.25, -0.2) is 0 Å². The molecule has 2 aliphatic rings. The van der Waals surface area contributed by atoms with Crippen molar-refractivity contribution in [2.24, 2.45) is 5.92 Å². The molecule has 3 N–H and O–H groups in total. The third-order valence-electron chi connectivity index (χ3n) is 7.70. The summed E-state index contributed by atoms with van der Waals surface area (Å²) in [6, 6.07) is 5.81. The van der Waals surface area contributed by atoms with Crippen molar-refractivity contribution in [1.82, 2.24) is 5.32 Å². The fourth-order valence-electron chi connectivity index (χ4n) is 5.54. The summed E-state index contributed by atoms with van der Waals surface area (Å²) in [5, 5.41) is 24.9. The number of aromatic hydroxyl groups is 1. The first-order valence-corrected chi connectivity index (χ1v) is 13.7. The van der Waals surface area contributed by atoms with Gasteiger partial charge in [0.15, 0.2) is 28.8 Å². The van der Waals surface area contributed by atoms with Crippen LogP contribution in [0, 0.1) is 5.92 Å². The number of Topliss-reactive ketones (excluding diaryl/α,β-unsaturated/α-hetero) is 2. The van der Waals surface area contributed by atoms with Gasteiger partial charge in [0.05, 0.1) is 21.3 Å². The summed E-state index contributed by atoms with van der Waals surface area (Å²) in [7, 11) is 5.69. The van der Waals surface area contributed by atoms with E-state index in [0.29, 0.717) is 25.1 Å². The lowest BCUT2D eigenvalue weighted by molar-refractivity contribution is -0.121. The molecular formula is C30H34ClNO10. The third kappa shape index (κ3) is 5.22. The second-order valence-corrected chi connectivity index (χ2v) is 10.5. The number of hydrogen-bond donors (Lipinski definition) is 3. The SMILES string of the molecule is COCCCNC(=O)CC(C1=C(O)[C@@]2(Oc3c(Cl)c(OC)cc(OC)c3C2=O)[C@H](C)CC1=O)c1ccc(O)c(OC)c1. The molecule has 1 aliphatic carbocycles. The van der Waals surface area contributed by atoms with Crippen LogP contribution in [0.2, 0.25) is 5.02 Å². The molecule has 1 unspecified atom stereocenters.